The van der Waals surface area contributed by atoms with Gasteiger partial charge in [-0.2, -0.15) is 0 Å². The van der Waals surface area contributed by atoms with E-state index in [1.54, 1.807) is 0 Å². The molecule has 0 bridgehead atoms. The molecule has 0 heterocycles. The Morgan fingerprint density at radius 2 is 0.400 bits per heavy atom. The lowest BCUT2D eigenvalue weighted by Crippen LogP contribution is -1.98. The predicted molar refractivity (Wildman–Crippen MR) is 299 cm³/mol. The zero-order chi connectivity index (χ0) is 46.8. The minimum atomic E-state index is 1.25. The van der Waals surface area contributed by atoms with Crippen LogP contribution in [-0.4, -0.2) is 0 Å². The minimum Gasteiger partial charge on any atom is -0.0622 e. The van der Waals surface area contributed by atoms with Crippen LogP contribution in [0.3, 0.4) is 0 Å². The maximum Gasteiger partial charge on any atom is -0.00110 e. The van der Waals surface area contributed by atoms with E-state index in [-0.39, 0.29) is 0 Å². The van der Waals surface area contributed by atoms with Crippen LogP contribution in [0.2, 0.25) is 0 Å². The number of hydrogen-bond donors (Lipinski definition) is 0. The molecule has 12 aromatic carbocycles. The lowest BCUT2D eigenvalue weighted by atomic mass is 9.81. The van der Waals surface area contributed by atoms with Crippen LogP contribution in [0.25, 0.3) is 144 Å². The number of rotatable bonds is 6. The molecule has 70 heavy (non-hydrogen) atoms. The van der Waals surface area contributed by atoms with E-state index >= 15 is 0 Å². The molecule has 0 saturated carbocycles. The summed E-state index contributed by atoms with van der Waals surface area (Å²) >= 11 is 0. The summed E-state index contributed by atoms with van der Waals surface area (Å²) in [5, 5.41) is 7.76. The van der Waals surface area contributed by atoms with Crippen LogP contribution < -0.4 is 0 Å². The maximum atomic E-state index is 2.42. The van der Waals surface area contributed by atoms with Gasteiger partial charge < -0.3 is 0 Å². The second kappa shape index (κ2) is 15.5. The molecular weight excluding hydrogens is 841 g/mol. The molecule has 0 aromatic heterocycles. The second-order valence-corrected chi connectivity index (χ2v) is 19.4. The SMILES string of the molecule is Cc1c(C)c(-c2ccccc2)c2c(c1-c1ccccc1)-c1cccc3c(-c4ccc(-c5ccc6c7c(cccc57)-c5c(-c7ccccc7)c(C)c(C)c(-c7ccccc7)c5-6)c5ccccc45)ccc-2c13. The van der Waals surface area contributed by atoms with Gasteiger partial charge in [0.15, 0.2) is 0 Å². The van der Waals surface area contributed by atoms with Crippen molar-refractivity contribution in [2.24, 2.45) is 0 Å². The third kappa shape index (κ3) is 5.65. The molecule has 0 aliphatic heterocycles. The summed E-state index contributed by atoms with van der Waals surface area (Å²) in [6, 6.07) is 81.6. The van der Waals surface area contributed by atoms with Crippen LogP contribution in [0.5, 0.6) is 0 Å². The number of benzene rings is 12. The van der Waals surface area contributed by atoms with Gasteiger partial charge in [0.25, 0.3) is 0 Å². The van der Waals surface area contributed by atoms with Crippen molar-refractivity contribution in [3.63, 3.8) is 0 Å². The third-order valence-corrected chi connectivity index (χ3v) is 16.0. The van der Waals surface area contributed by atoms with Gasteiger partial charge in [0.05, 0.1) is 0 Å². The molecule has 2 aliphatic carbocycles. The zero-order valence-corrected chi connectivity index (χ0v) is 39.8. The highest BCUT2D eigenvalue weighted by Crippen LogP contribution is 2.60. The lowest BCUT2D eigenvalue weighted by molar-refractivity contribution is 1.34. The average molecular weight is 889 g/mol. The molecule has 0 radical (unpaired) electrons. The molecule has 14 rings (SSSR count). The molecule has 0 nitrogen and oxygen atoms in total. The largest absolute Gasteiger partial charge is 0.0622 e. The van der Waals surface area contributed by atoms with Crippen LogP contribution in [0.1, 0.15) is 22.3 Å². The molecule has 0 fully saturated rings. The first kappa shape index (κ1) is 40.5. The summed E-state index contributed by atoms with van der Waals surface area (Å²) in [4.78, 5) is 0. The van der Waals surface area contributed by atoms with Crippen molar-refractivity contribution >= 4 is 32.3 Å². The summed E-state index contributed by atoms with van der Waals surface area (Å²) in [6.07, 6.45) is 0. The van der Waals surface area contributed by atoms with E-state index < -0.39 is 0 Å². The van der Waals surface area contributed by atoms with E-state index in [1.807, 2.05) is 0 Å². The molecule has 328 valence electrons. The van der Waals surface area contributed by atoms with Crippen molar-refractivity contribution in [3.8, 4) is 111 Å². The van der Waals surface area contributed by atoms with Gasteiger partial charge in [-0.15, -0.1) is 0 Å². The fraction of sp³-hybridized carbons (Fsp3) is 0.0571. The Kier molecular flexibility index (Phi) is 8.95. The third-order valence-electron chi connectivity index (χ3n) is 16.0. The van der Waals surface area contributed by atoms with Gasteiger partial charge in [0, 0.05) is 0 Å². The Labute approximate surface area is 409 Å². The molecule has 0 unspecified atom stereocenters. The molecule has 0 amide bonds. The van der Waals surface area contributed by atoms with Gasteiger partial charge in [0.1, 0.15) is 0 Å². The molecule has 0 heteroatoms. The van der Waals surface area contributed by atoms with Gasteiger partial charge in [-0.1, -0.05) is 218 Å². The molecule has 0 N–H and O–H groups in total. The van der Waals surface area contributed by atoms with Crippen molar-refractivity contribution < 1.29 is 0 Å². The second-order valence-electron chi connectivity index (χ2n) is 19.4. The standard InChI is InChI=1S/C70H48/c1-41-43(3)63(47-25-13-7-14-26-47)69-59-39-37-53(55-31-19-33-57(65(55)59)67(69)61(41)45-21-9-5-10-22-45)51-35-36-52(50-30-18-17-29-49(50)51)54-38-40-60-66-56(54)32-20-34-58(66)68-62(46-23-11-6-12-24-46)42(2)44(4)64(70(60)68)48-27-15-8-16-28-48/h5-40H,1-4H3. The van der Waals surface area contributed by atoms with Gasteiger partial charge in [-0.05, 0) is 194 Å². The Hall–Kier alpha value is -8.58. The van der Waals surface area contributed by atoms with E-state index in [9.17, 15) is 0 Å². The Balaban J connectivity index is 0.981. The summed E-state index contributed by atoms with van der Waals surface area (Å²) in [5.41, 5.74) is 31.4. The smallest absolute Gasteiger partial charge is 0.00110 e. The highest BCUT2D eigenvalue weighted by atomic mass is 14.4. The summed E-state index contributed by atoms with van der Waals surface area (Å²) in [6.45, 7) is 9.28. The van der Waals surface area contributed by atoms with Crippen LogP contribution in [0.15, 0.2) is 218 Å². The van der Waals surface area contributed by atoms with Crippen LogP contribution >= 0.6 is 0 Å². The van der Waals surface area contributed by atoms with Crippen molar-refractivity contribution in [3.05, 3.63) is 241 Å². The monoisotopic (exact) mass is 888 g/mol. The molecular formula is C70H48. The normalized spacial score (nSPS) is 12.0. The zero-order valence-electron chi connectivity index (χ0n) is 39.8. The van der Waals surface area contributed by atoms with E-state index in [2.05, 4.69) is 246 Å². The van der Waals surface area contributed by atoms with Crippen LogP contribution in [0, 0.1) is 27.7 Å². The van der Waals surface area contributed by atoms with Crippen molar-refractivity contribution in [1.29, 1.82) is 0 Å². The van der Waals surface area contributed by atoms with Crippen LogP contribution in [0.4, 0.5) is 0 Å². The molecule has 2 aliphatic rings. The first-order valence-corrected chi connectivity index (χ1v) is 24.7. The number of hydrogen-bond acceptors (Lipinski definition) is 0. The topological polar surface area (TPSA) is 0 Å². The fourth-order valence-electron chi connectivity index (χ4n) is 12.8. The fourth-order valence-corrected chi connectivity index (χ4v) is 12.8. The summed E-state index contributed by atoms with van der Waals surface area (Å²) in [5.74, 6) is 0. The van der Waals surface area contributed by atoms with Crippen molar-refractivity contribution in [2.75, 3.05) is 0 Å². The molecule has 0 saturated heterocycles. The maximum absolute atomic E-state index is 2.42. The van der Waals surface area contributed by atoms with Crippen LogP contribution in [-0.2, 0) is 0 Å². The highest BCUT2D eigenvalue weighted by Gasteiger charge is 2.34. The highest BCUT2D eigenvalue weighted by molar-refractivity contribution is 6.27. The minimum absolute atomic E-state index is 1.25. The predicted octanol–water partition coefficient (Wildman–Crippen LogP) is 19.7. The number of fused-ring (bicyclic) bond motifs is 7. The molecule has 12 aromatic rings. The first-order valence-electron chi connectivity index (χ1n) is 24.7. The summed E-state index contributed by atoms with van der Waals surface area (Å²) in [7, 11) is 0. The van der Waals surface area contributed by atoms with Crippen molar-refractivity contribution in [1.82, 2.24) is 0 Å². The van der Waals surface area contributed by atoms with E-state index in [0.29, 0.717) is 0 Å². The van der Waals surface area contributed by atoms with Gasteiger partial charge in [-0.3, -0.25) is 0 Å². The molecule has 0 spiro atoms. The van der Waals surface area contributed by atoms with Crippen molar-refractivity contribution in [2.45, 2.75) is 27.7 Å². The lowest BCUT2D eigenvalue weighted by Gasteiger charge is -2.22. The van der Waals surface area contributed by atoms with E-state index in [1.165, 1.54) is 166 Å². The van der Waals surface area contributed by atoms with Gasteiger partial charge in [-0.25, -0.2) is 0 Å². The average Bonchev–Trinajstić information content (AvgIpc) is 3.92. The van der Waals surface area contributed by atoms with Gasteiger partial charge >= 0.3 is 0 Å². The van der Waals surface area contributed by atoms with E-state index in [0.717, 1.165) is 0 Å². The molecule has 0 atom stereocenters. The Morgan fingerprint density at radius 3 is 0.700 bits per heavy atom. The quantitative estimate of drug-likeness (QED) is 0.156. The van der Waals surface area contributed by atoms with Gasteiger partial charge in [0.2, 0.25) is 0 Å². The van der Waals surface area contributed by atoms with E-state index in [4.69, 9.17) is 0 Å². The Bertz CT molecular complexity index is 3730. The Morgan fingerprint density at radius 1 is 0.171 bits per heavy atom. The summed E-state index contributed by atoms with van der Waals surface area (Å²) < 4.78 is 0. The first-order chi connectivity index (χ1) is 34.5.